The van der Waals surface area contributed by atoms with E-state index in [4.69, 9.17) is 5.73 Å². The number of nitrogens with one attached hydrogen (secondary N) is 1. The van der Waals surface area contributed by atoms with Crippen molar-refractivity contribution >= 4 is 11.4 Å². The maximum absolute atomic E-state index is 5.61. The molecule has 3 N–H and O–H groups in total. The summed E-state index contributed by atoms with van der Waals surface area (Å²) >= 11 is 0. The maximum Gasteiger partial charge on any atom is 0.0946 e. The van der Waals surface area contributed by atoms with Gasteiger partial charge in [-0.05, 0) is 6.07 Å². The quantitative estimate of drug-likeness (QED) is 0.777. The fourth-order valence-corrected chi connectivity index (χ4v) is 1.30. The molecule has 0 bridgehead atoms. The minimum absolute atomic E-state index is 0.669. The highest BCUT2D eigenvalue weighted by Gasteiger charge is 1.93. The van der Waals surface area contributed by atoms with Crippen molar-refractivity contribution in [3.8, 4) is 0 Å². The summed E-state index contributed by atoms with van der Waals surface area (Å²) in [6, 6.07) is 1.86. The molecule has 0 aliphatic rings. The van der Waals surface area contributed by atoms with Gasteiger partial charge in [0.1, 0.15) is 0 Å². The molecule has 0 aromatic carbocycles. The first kappa shape index (κ1) is 9.51. The van der Waals surface area contributed by atoms with E-state index in [1.54, 1.807) is 24.9 Å². The maximum atomic E-state index is 5.61. The van der Waals surface area contributed by atoms with Crippen LogP contribution in [-0.2, 0) is 6.54 Å². The first-order chi connectivity index (χ1) is 7.34. The molecule has 2 heterocycles. The first-order valence-electron chi connectivity index (χ1n) is 4.75. The second kappa shape index (κ2) is 4.45. The standard InChI is InChI=1S/C10H13N5/c11-9-5-10(7-13-6-9)14-2-4-15-3-1-12-8-15/h1,3,5-8,14H,2,4,11H2. The van der Waals surface area contributed by atoms with Crippen LogP contribution in [0.5, 0.6) is 0 Å². The zero-order valence-corrected chi connectivity index (χ0v) is 8.30. The summed E-state index contributed by atoms with van der Waals surface area (Å²) in [5, 5.41) is 3.23. The van der Waals surface area contributed by atoms with Crippen molar-refractivity contribution in [3.05, 3.63) is 37.2 Å². The van der Waals surface area contributed by atoms with Crippen molar-refractivity contribution in [3.63, 3.8) is 0 Å². The van der Waals surface area contributed by atoms with Crippen molar-refractivity contribution in [1.82, 2.24) is 14.5 Å². The molecule has 0 fully saturated rings. The summed E-state index contributed by atoms with van der Waals surface area (Å²) in [7, 11) is 0. The van der Waals surface area contributed by atoms with Gasteiger partial charge >= 0.3 is 0 Å². The molecule has 5 heteroatoms. The van der Waals surface area contributed by atoms with Gasteiger partial charge in [0.15, 0.2) is 0 Å². The van der Waals surface area contributed by atoms with Gasteiger partial charge in [-0.3, -0.25) is 4.98 Å². The van der Waals surface area contributed by atoms with Gasteiger partial charge in [-0.1, -0.05) is 0 Å². The first-order valence-corrected chi connectivity index (χ1v) is 4.75. The topological polar surface area (TPSA) is 68.8 Å². The summed E-state index contributed by atoms with van der Waals surface area (Å²) in [5.74, 6) is 0. The van der Waals surface area contributed by atoms with E-state index in [2.05, 4.69) is 15.3 Å². The van der Waals surface area contributed by atoms with Gasteiger partial charge in [0.2, 0.25) is 0 Å². The smallest absolute Gasteiger partial charge is 0.0946 e. The number of nitrogens with two attached hydrogens (primary N) is 1. The Hall–Kier alpha value is -2.04. The summed E-state index contributed by atoms with van der Waals surface area (Å²) in [5.41, 5.74) is 7.22. The van der Waals surface area contributed by atoms with E-state index in [9.17, 15) is 0 Å². The van der Waals surface area contributed by atoms with Crippen molar-refractivity contribution in [2.24, 2.45) is 0 Å². The predicted octanol–water partition coefficient (Wildman–Crippen LogP) is 0.972. The van der Waals surface area contributed by atoms with Gasteiger partial charge in [0.05, 0.1) is 23.9 Å². The number of rotatable bonds is 4. The number of nitrogen functional groups attached to an aromatic ring is 1. The van der Waals surface area contributed by atoms with E-state index in [1.807, 2.05) is 16.8 Å². The lowest BCUT2D eigenvalue weighted by Gasteiger charge is -2.06. The van der Waals surface area contributed by atoms with Crippen molar-refractivity contribution in [2.45, 2.75) is 6.54 Å². The molecule has 0 aliphatic heterocycles. The third-order valence-corrected chi connectivity index (χ3v) is 2.02. The Kier molecular flexibility index (Phi) is 2.82. The van der Waals surface area contributed by atoms with Crippen LogP contribution in [-0.4, -0.2) is 21.1 Å². The van der Waals surface area contributed by atoms with Crippen LogP contribution in [0.1, 0.15) is 0 Å². The monoisotopic (exact) mass is 203 g/mol. The average Bonchev–Trinajstić information content (AvgIpc) is 2.71. The molecule has 0 unspecified atom stereocenters. The van der Waals surface area contributed by atoms with E-state index >= 15 is 0 Å². The molecule has 78 valence electrons. The lowest BCUT2D eigenvalue weighted by Crippen LogP contribution is -2.09. The highest BCUT2D eigenvalue weighted by atomic mass is 15.0. The Morgan fingerprint density at radius 1 is 1.33 bits per heavy atom. The molecule has 0 spiro atoms. The lowest BCUT2D eigenvalue weighted by atomic mass is 10.4. The number of hydrogen-bond acceptors (Lipinski definition) is 4. The third-order valence-electron chi connectivity index (χ3n) is 2.02. The van der Waals surface area contributed by atoms with Crippen LogP contribution < -0.4 is 11.1 Å². The molecule has 0 amide bonds. The number of imidazole rings is 1. The summed E-state index contributed by atoms with van der Waals surface area (Å²) in [6.45, 7) is 1.69. The van der Waals surface area contributed by atoms with Gasteiger partial charge in [-0.15, -0.1) is 0 Å². The summed E-state index contributed by atoms with van der Waals surface area (Å²) in [4.78, 5) is 7.96. The zero-order chi connectivity index (χ0) is 10.5. The van der Waals surface area contributed by atoms with Crippen molar-refractivity contribution < 1.29 is 0 Å². The van der Waals surface area contributed by atoms with E-state index in [-0.39, 0.29) is 0 Å². The second-order valence-corrected chi connectivity index (χ2v) is 3.23. The second-order valence-electron chi connectivity index (χ2n) is 3.23. The van der Waals surface area contributed by atoms with Crippen LogP contribution in [0.25, 0.3) is 0 Å². The fourth-order valence-electron chi connectivity index (χ4n) is 1.30. The third kappa shape index (κ3) is 2.70. The Bertz CT molecular complexity index is 410. The molecule has 5 nitrogen and oxygen atoms in total. The van der Waals surface area contributed by atoms with Crippen LogP contribution in [0.3, 0.4) is 0 Å². The highest BCUT2D eigenvalue weighted by molar-refractivity contribution is 5.51. The highest BCUT2D eigenvalue weighted by Crippen LogP contribution is 2.08. The molecular weight excluding hydrogens is 190 g/mol. The van der Waals surface area contributed by atoms with Crippen molar-refractivity contribution in [2.75, 3.05) is 17.6 Å². The number of pyridine rings is 1. The summed E-state index contributed by atoms with van der Waals surface area (Å²) in [6.07, 6.45) is 8.87. The van der Waals surface area contributed by atoms with E-state index in [1.165, 1.54) is 0 Å². The van der Waals surface area contributed by atoms with Crippen LogP contribution in [0.2, 0.25) is 0 Å². The molecule has 0 aliphatic carbocycles. The molecule has 0 atom stereocenters. The normalized spacial score (nSPS) is 10.1. The van der Waals surface area contributed by atoms with E-state index in [0.717, 1.165) is 18.8 Å². The SMILES string of the molecule is Nc1cncc(NCCn2ccnc2)c1. The van der Waals surface area contributed by atoms with E-state index in [0.29, 0.717) is 5.69 Å². The van der Waals surface area contributed by atoms with Crippen LogP contribution in [0.4, 0.5) is 11.4 Å². The fraction of sp³-hybridized carbons (Fsp3) is 0.200. The Labute approximate surface area is 88.0 Å². The van der Waals surface area contributed by atoms with Gasteiger partial charge < -0.3 is 15.6 Å². The predicted molar refractivity (Wildman–Crippen MR) is 59.4 cm³/mol. The number of hydrogen-bond donors (Lipinski definition) is 2. The van der Waals surface area contributed by atoms with Gasteiger partial charge in [0, 0.05) is 31.7 Å². The van der Waals surface area contributed by atoms with Crippen LogP contribution in [0, 0.1) is 0 Å². The number of aromatic nitrogens is 3. The molecule has 2 aromatic rings. The number of nitrogens with zero attached hydrogens (tertiary/aromatic N) is 3. The van der Waals surface area contributed by atoms with Gasteiger partial charge in [-0.25, -0.2) is 4.98 Å². The average molecular weight is 203 g/mol. The minimum Gasteiger partial charge on any atom is -0.397 e. The Balaban J connectivity index is 1.83. The van der Waals surface area contributed by atoms with E-state index < -0.39 is 0 Å². The number of anilines is 2. The zero-order valence-electron chi connectivity index (χ0n) is 8.30. The molecule has 2 rings (SSSR count). The van der Waals surface area contributed by atoms with Crippen LogP contribution in [0.15, 0.2) is 37.2 Å². The molecule has 0 saturated carbocycles. The Morgan fingerprint density at radius 3 is 3.00 bits per heavy atom. The van der Waals surface area contributed by atoms with Crippen molar-refractivity contribution in [1.29, 1.82) is 0 Å². The Morgan fingerprint density at radius 2 is 2.27 bits per heavy atom. The van der Waals surface area contributed by atoms with Gasteiger partial charge in [-0.2, -0.15) is 0 Å². The largest absolute Gasteiger partial charge is 0.397 e. The summed E-state index contributed by atoms with van der Waals surface area (Å²) < 4.78 is 2.01. The minimum atomic E-state index is 0.669. The molecule has 0 radical (unpaired) electrons. The van der Waals surface area contributed by atoms with Crippen LogP contribution >= 0.6 is 0 Å². The van der Waals surface area contributed by atoms with Gasteiger partial charge in [0.25, 0.3) is 0 Å². The molecule has 0 saturated heterocycles. The molecular formula is C10H13N5. The lowest BCUT2D eigenvalue weighted by molar-refractivity contribution is 0.727. The molecule has 15 heavy (non-hydrogen) atoms. The molecule has 2 aromatic heterocycles.